The number of carbonyl (C=O) groups excluding carboxylic acids is 1. The second-order valence-electron chi connectivity index (χ2n) is 7.03. The van der Waals surface area contributed by atoms with Gasteiger partial charge in [-0.2, -0.15) is 18.3 Å². The number of amides is 1. The number of aromatic hydroxyl groups is 1. The maximum atomic E-state index is 13.3. The van der Waals surface area contributed by atoms with Crippen molar-refractivity contribution in [1.82, 2.24) is 10.2 Å². The number of fused-ring (bicyclic) bond motifs is 1. The molecule has 4 rings (SSSR count). The van der Waals surface area contributed by atoms with Crippen LogP contribution in [0.25, 0.3) is 0 Å². The number of methoxy groups -OCH3 is 1. The fourth-order valence-electron chi connectivity index (χ4n) is 3.57. The number of carbonyl (C=O) groups is 1. The van der Waals surface area contributed by atoms with Gasteiger partial charge in [-0.15, -0.1) is 0 Å². The highest BCUT2D eigenvalue weighted by Gasteiger charge is 2.34. The van der Waals surface area contributed by atoms with E-state index in [4.69, 9.17) is 9.47 Å². The molecule has 0 saturated carbocycles. The Balaban J connectivity index is 1.59. The Morgan fingerprint density at radius 1 is 1.19 bits per heavy atom. The van der Waals surface area contributed by atoms with E-state index in [1.807, 2.05) is 0 Å². The fraction of sp³-hybridized carbons (Fsp3) is 0.238. The molecule has 1 aliphatic heterocycles. The lowest BCUT2D eigenvalue weighted by Gasteiger charge is -2.23. The third-order valence-corrected chi connectivity index (χ3v) is 5.06. The number of H-pyrrole nitrogens is 1. The maximum absolute atomic E-state index is 13.3. The number of aromatic amines is 1. The summed E-state index contributed by atoms with van der Waals surface area (Å²) < 4.78 is 50.7. The highest BCUT2D eigenvalue weighted by molar-refractivity contribution is 5.94. The van der Waals surface area contributed by atoms with Gasteiger partial charge in [0.2, 0.25) is 5.91 Å². The summed E-state index contributed by atoms with van der Waals surface area (Å²) in [5.41, 5.74) is 0.517. The van der Waals surface area contributed by atoms with Gasteiger partial charge in [0, 0.05) is 29.7 Å². The van der Waals surface area contributed by atoms with Crippen molar-refractivity contribution in [2.24, 2.45) is 0 Å². The Bertz CT molecular complexity index is 1130. The molecule has 1 atom stereocenters. The van der Waals surface area contributed by atoms with Crippen molar-refractivity contribution in [2.45, 2.75) is 25.1 Å². The predicted molar refractivity (Wildman–Crippen MR) is 104 cm³/mol. The lowest BCUT2D eigenvalue weighted by Crippen LogP contribution is -2.23. The number of nitrogens with zero attached hydrogens (tertiary/aromatic N) is 1. The number of rotatable bonds is 5. The lowest BCUT2D eigenvalue weighted by atomic mass is 9.87. The van der Waals surface area contributed by atoms with Crippen molar-refractivity contribution >= 4 is 11.7 Å². The monoisotopic (exact) mass is 433 g/mol. The maximum Gasteiger partial charge on any atom is 0.416 e. The second-order valence-corrected chi connectivity index (χ2v) is 7.03. The van der Waals surface area contributed by atoms with Crippen LogP contribution < -0.4 is 14.8 Å². The molecule has 1 amide bonds. The molecular weight excluding hydrogens is 415 g/mol. The molecule has 7 nitrogen and oxygen atoms in total. The van der Waals surface area contributed by atoms with Crippen LogP contribution in [-0.4, -0.2) is 28.3 Å². The van der Waals surface area contributed by atoms with E-state index in [0.717, 1.165) is 11.1 Å². The van der Waals surface area contributed by atoms with Crippen LogP contribution in [0.2, 0.25) is 0 Å². The molecule has 0 bridgehead atoms. The van der Waals surface area contributed by atoms with Gasteiger partial charge in [-0.25, -0.2) is 0 Å². The normalized spacial score (nSPS) is 15.9. The smallest absolute Gasteiger partial charge is 0.416 e. The van der Waals surface area contributed by atoms with E-state index >= 15 is 0 Å². The molecule has 0 spiro atoms. The molecule has 1 unspecified atom stereocenters. The average molecular weight is 433 g/mol. The Morgan fingerprint density at radius 3 is 2.74 bits per heavy atom. The minimum absolute atomic E-state index is 0.122. The van der Waals surface area contributed by atoms with Crippen molar-refractivity contribution in [2.75, 3.05) is 12.4 Å². The van der Waals surface area contributed by atoms with E-state index in [1.54, 1.807) is 24.4 Å². The molecule has 0 radical (unpaired) electrons. The van der Waals surface area contributed by atoms with E-state index < -0.39 is 17.5 Å². The van der Waals surface area contributed by atoms with E-state index in [-0.39, 0.29) is 36.2 Å². The summed E-state index contributed by atoms with van der Waals surface area (Å²) >= 11 is 0. The van der Waals surface area contributed by atoms with Gasteiger partial charge in [0.15, 0.2) is 17.3 Å². The molecule has 1 aliphatic rings. The Labute approximate surface area is 174 Å². The summed E-state index contributed by atoms with van der Waals surface area (Å²) in [6, 6.07) is 8.02. The molecule has 10 heteroatoms. The predicted octanol–water partition coefficient (Wildman–Crippen LogP) is 4.20. The summed E-state index contributed by atoms with van der Waals surface area (Å²) in [7, 11) is 1.42. The third-order valence-electron chi connectivity index (χ3n) is 5.06. The van der Waals surface area contributed by atoms with Crippen LogP contribution in [0.5, 0.6) is 17.2 Å². The van der Waals surface area contributed by atoms with Gasteiger partial charge in [-0.05, 0) is 29.8 Å². The standard InChI is InChI=1S/C21H18F3N3O4/c1-30-18-6-11(14-8-19(29)26-20-15(14)9-25-27-20)3-5-17(18)31-10-12-2-4-13(28)7-16(12)21(22,23)24/h2-7,9,14,28H,8,10H2,1H3,(H2,25,26,27,29). The first kappa shape index (κ1) is 20.6. The van der Waals surface area contributed by atoms with Crippen molar-refractivity contribution in [3.63, 3.8) is 0 Å². The number of benzene rings is 2. The van der Waals surface area contributed by atoms with Gasteiger partial charge in [0.05, 0.1) is 12.7 Å². The van der Waals surface area contributed by atoms with Crippen molar-refractivity contribution in [1.29, 1.82) is 0 Å². The molecule has 3 N–H and O–H groups in total. The largest absolute Gasteiger partial charge is 0.508 e. The molecule has 1 aromatic heterocycles. The minimum Gasteiger partial charge on any atom is -0.508 e. The number of nitrogens with one attached hydrogen (secondary N) is 2. The van der Waals surface area contributed by atoms with Gasteiger partial charge in [0.25, 0.3) is 0 Å². The second kappa shape index (κ2) is 7.86. The summed E-state index contributed by atoms with van der Waals surface area (Å²) in [4.78, 5) is 12.0. The molecule has 162 valence electrons. The van der Waals surface area contributed by atoms with Crippen molar-refractivity contribution < 1.29 is 32.5 Å². The zero-order chi connectivity index (χ0) is 22.2. The molecule has 0 aliphatic carbocycles. The Kier molecular flexibility index (Phi) is 5.22. The first-order valence-corrected chi connectivity index (χ1v) is 9.29. The van der Waals surface area contributed by atoms with Crippen LogP contribution in [0.3, 0.4) is 0 Å². The Hall–Kier alpha value is -3.69. The van der Waals surface area contributed by atoms with Crippen molar-refractivity contribution in [3.05, 3.63) is 64.8 Å². The SMILES string of the molecule is COc1cc(C2CC(=O)Nc3n[nH]cc32)ccc1OCc1ccc(O)cc1C(F)(F)F. The first-order chi connectivity index (χ1) is 14.8. The number of ether oxygens (including phenoxy) is 2. The van der Waals surface area contributed by atoms with Gasteiger partial charge in [-0.1, -0.05) is 12.1 Å². The highest BCUT2D eigenvalue weighted by Crippen LogP contribution is 2.40. The Morgan fingerprint density at radius 2 is 2.00 bits per heavy atom. The topological polar surface area (TPSA) is 96.5 Å². The first-order valence-electron chi connectivity index (χ1n) is 9.29. The number of aromatic nitrogens is 2. The van der Waals surface area contributed by atoms with Crippen LogP contribution in [0, 0.1) is 0 Å². The van der Waals surface area contributed by atoms with E-state index in [0.29, 0.717) is 17.6 Å². The van der Waals surface area contributed by atoms with E-state index in [9.17, 15) is 23.1 Å². The van der Waals surface area contributed by atoms with Crippen LogP contribution >= 0.6 is 0 Å². The van der Waals surface area contributed by atoms with E-state index in [1.165, 1.54) is 19.2 Å². The number of halogens is 3. The summed E-state index contributed by atoms with van der Waals surface area (Å²) in [5.74, 6) is 0.136. The van der Waals surface area contributed by atoms with Gasteiger partial charge >= 0.3 is 6.18 Å². The minimum atomic E-state index is -4.63. The number of hydrogen-bond acceptors (Lipinski definition) is 5. The third kappa shape index (κ3) is 4.14. The van der Waals surface area contributed by atoms with Crippen LogP contribution in [-0.2, 0) is 17.6 Å². The molecule has 0 fully saturated rings. The van der Waals surface area contributed by atoms with Crippen molar-refractivity contribution in [3.8, 4) is 17.2 Å². The molecule has 31 heavy (non-hydrogen) atoms. The number of phenols is 1. The number of anilines is 1. The van der Waals surface area contributed by atoms with Crippen LogP contribution in [0.4, 0.5) is 19.0 Å². The quantitative estimate of drug-likeness (QED) is 0.561. The lowest BCUT2D eigenvalue weighted by molar-refractivity contribution is -0.138. The molecule has 2 heterocycles. The van der Waals surface area contributed by atoms with E-state index in [2.05, 4.69) is 15.5 Å². The summed E-state index contributed by atoms with van der Waals surface area (Å²) in [6.45, 7) is -0.372. The van der Waals surface area contributed by atoms with Gasteiger partial charge < -0.3 is 19.9 Å². The molecule has 2 aromatic carbocycles. The molecular formula is C21H18F3N3O4. The van der Waals surface area contributed by atoms with Crippen LogP contribution in [0.1, 0.15) is 34.6 Å². The number of alkyl halides is 3. The average Bonchev–Trinajstić information content (AvgIpc) is 3.19. The van der Waals surface area contributed by atoms with Crippen LogP contribution in [0.15, 0.2) is 42.6 Å². The van der Waals surface area contributed by atoms with Gasteiger partial charge in [-0.3, -0.25) is 9.89 Å². The molecule has 3 aromatic rings. The number of phenolic OH excluding ortho intramolecular Hbond substituents is 1. The summed E-state index contributed by atoms with van der Waals surface area (Å²) in [5, 5.41) is 18.8. The fourth-order valence-corrected chi connectivity index (χ4v) is 3.57. The highest BCUT2D eigenvalue weighted by atomic mass is 19.4. The zero-order valence-electron chi connectivity index (χ0n) is 16.3. The molecule has 0 saturated heterocycles. The number of hydrogen-bond donors (Lipinski definition) is 3. The summed E-state index contributed by atoms with van der Waals surface area (Å²) in [6.07, 6.45) is -2.70. The van der Waals surface area contributed by atoms with Gasteiger partial charge in [0.1, 0.15) is 12.4 Å². The zero-order valence-corrected chi connectivity index (χ0v) is 16.3.